The van der Waals surface area contributed by atoms with Crippen molar-refractivity contribution in [3.63, 3.8) is 0 Å². The Morgan fingerprint density at radius 1 is 1.26 bits per heavy atom. The average Bonchev–Trinajstić information content (AvgIpc) is 3.46. The van der Waals surface area contributed by atoms with Gasteiger partial charge in [-0.1, -0.05) is 41.1 Å². The van der Waals surface area contributed by atoms with E-state index in [2.05, 4.69) is 15.3 Å². The standard InChI is InChI=1S/C21H19ClN6O2S/c22-15-7-2-1-5-13(15)12-28-19-17(25-26-28)20(29)24-18(23-19)14-6-3-9-27(11-14)21(30)16-8-4-10-31-16/h1-2,4-5,7-8,10,14H,3,6,9,11-12H2,(H,23,24,29). The molecular formula is C21H19ClN6O2S. The van der Waals surface area contributed by atoms with Crippen LogP contribution in [0.3, 0.4) is 0 Å². The predicted octanol–water partition coefficient (Wildman–Crippen LogP) is 3.30. The lowest BCUT2D eigenvalue weighted by atomic mass is 9.97. The van der Waals surface area contributed by atoms with E-state index in [4.69, 9.17) is 16.6 Å². The number of rotatable bonds is 4. The lowest BCUT2D eigenvalue weighted by Gasteiger charge is -2.31. The molecule has 1 fully saturated rings. The van der Waals surface area contributed by atoms with Crippen molar-refractivity contribution in [1.82, 2.24) is 29.9 Å². The van der Waals surface area contributed by atoms with Crippen LogP contribution in [0, 0.1) is 0 Å². The zero-order chi connectivity index (χ0) is 21.4. The summed E-state index contributed by atoms with van der Waals surface area (Å²) in [5, 5.41) is 10.6. The van der Waals surface area contributed by atoms with Crippen LogP contribution >= 0.6 is 22.9 Å². The predicted molar refractivity (Wildman–Crippen MR) is 119 cm³/mol. The van der Waals surface area contributed by atoms with Gasteiger partial charge in [0.25, 0.3) is 11.5 Å². The van der Waals surface area contributed by atoms with Gasteiger partial charge in [0.2, 0.25) is 0 Å². The molecule has 5 rings (SSSR count). The molecule has 1 unspecified atom stereocenters. The van der Waals surface area contributed by atoms with E-state index in [1.165, 1.54) is 11.3 Å². The summed E-state index contributed by atoms with van der Waals surface area (Å²) in [5.74, 6) is 0.524. The summed E-state index contributed by atoms with van der Waals surface area (Å²) >= 11 is 7.71. The first-order valence-electron chi connectivity index (χ1n) is 10.00. The lowest BCUT2D eigenvalue weighted by molar-refractivity contribution is 0.0709. The van der Waals surface area contributed by atoms with Crippen LogP contribution in [-0.2, 0) is 6.54 Å². The number of piperidine rings is 1. The molecule has 0 aliphatic carbocycles. The number of nitrogens with zero attached hydrogens (tertiary/aromatic N) is 5. The van der Waals surface area contributed by atoms with Gasteiger partial charge < -0.3 is 9.88 Å². The van der Waals surface area contributed by atoms with Crippen molar-refractivity contribution >= 4 is 40.0 Å². The molecule has 4 heterocycles. The van der Waals surface area contributed by atoms with Crippen LogP contribution in [-0.4, -0.2) is 48.9 Å². The molecule has 31 heavy (non-hydrogen) atoms. The third-order valence-corrected chi connectivity index (χ3v) is 6.72. The lowest BCUT2D eigenvalue weighted by Crippen LogP contribution is -2.39. The Balaban J connectivity index is 1.45. The van der Waals surface area contributed by atoms with Crippen molar-refractivity contribution in [2.45, 2.75) is 25.3 Å². The summed E-state index contributed by atoms with van der Waals surface area (Å²) in [6.07, 6.45) is 1.69. The Morgan fingerprint density at radius 2 is 2.13 bits per heavy atom. The fourth-order valence-corrected chi connectivity index (χ4v) is 4.80. The quantitative estimate of drug-likeness (QED) is 0.510. The van der Waals surface area contributed by atoms with Gasteiger partial charge in [0, 0.05) is 24.0 Å². The maximum absolute atomic E-state index is 12.8. The smallest absolute Gasteiger partial charge is 0.281 e. The summed E-state index contributed by atoms with van der Waals surface area (Å²) in [7, 11) is 0. The fraction of sp³-hybridized carbons (Fsp3) is 0.286. The van der Waals surface area contributed by atoms with Gasteiger partial charge in [0.1, 0.15) is 5.82 Å². The molecule has 1 saturated heterocycles. The van der Waals surface area contributed by atoms with Crippen LogP contribution in [0.25, 0.3) is 11.2 Å². The number of benzene rings is 1. The van der Waals surface area contributed by atoms with Crippen molar-refractivity contribution in [3.8, 4) is 0 Å². The molecule has 158 valence electrons. The van der Waals surface area contributed by atoms with E-state index in [9.17, 15) is 9.59 Å². The molecule has 0 radical (unpaired) electrons. The number of aromatic nitrogens is 5. The highest BCUT2D eigenvalue weighted by Crippen LogP contribution is 2.26. The molecule has 0 bridgehead atoms. The summed E-state index contributed by atoms with van der Waals surface area (Å²) in [5.41, 5.74) is 1.15. The topological polar surface area (TPSA) is 96.8 Å². The van der Waals surface area contributed by atoms with E-state index in [0.29, 0.717) is 36.1 Å². The Labute approximate surface area is 186 Å². The minimum Gasteiger partial charge on any atom is -0.337 e. The second kappa shape index (κ2) is 8.24. The number of nitrogens with one attached hydrogen (secondary N) is 1. The van der Waals surface area contributed by atoms with Crippen LogP contribution in [0.4, 0.5) is 0 Å². The molecule has 8 nitrogen and oxygen atoms in total. The van der Waals surface area contributed by atoms with Gasteiger partial charge in [0.15, 0.2) is 11.2 Å². The van der Waals surface area contributed by atoms with Gasteiger partial charge in [-0.2, -0.15) is 0 Å². The Hall–Kier alpha value is -3.04. The number of thiophene rings is 1. The van der Waals surface area contributed by atoms with Gasteiger partial charge in [-0.25, -0.2) is 9.67 Å². The summed E-state index contributed by atoms with van der Waals surface area (Å²) in [4.78, 5) is 35.6. The number of halogens is 1. The average molecular weight is 455 g/mol. The van der Waals surface area contributed by atoms with E-state index < -0.39 is 0 Å². The summed E-state index contributed by atoms with van der Waals surface area (Å²) in [6, 6.07) is 11.2. The number of amides is 1. The number of fused-ring (bicyclic) bond motifs is 1. The van der Waals surface area contributed by atoms with Crippen molar-refractivity contribution in [1.29, 1.82) is 0 Å². The van der Waals surface area contributed by atoms with Crippen LogP contribution < -0.4 is 5.56 Å². The van der Waals surface area contributed by atoms with E-state index in [1.807, 2.05) is 46.7 Å². The number of H-pyrrole nitrogens is 1. The highest BCUT2D eigenvalue weighted by molar-refractivity contribution is 7.12. The number of hydrogen-bond acceptors (Lipinski definition) is 6. The molecule has 0 spiro atoms. The molecule has 10 heteroatoms. The molecule has 3 aromatic heterocycles. The third-order valence-electron chi connectivity index (χ3n) is 5.50. The van der Waals surface area contributed by atoms with E-state index >= 15 is 0 Å². The van der Waals surface area contributed by atoms with Gasteiger partial charge in [-0.3, -0.25) is 9.59 Å². The number of likely N-dealkylation sites (tertiary alicyclic amines) is 1. The largest absolute Gasteiger partial charge is 0.337 e. The van der Waals surface area contributed by atoms with Gasteiger partial charge in [0.05, 0.1) is 11.4 Å². The van der Waals surface area contributed by atoms with Crippen molar-refractivity contribution in [2.24, 2.45) is 0 Å². The third kappa shape index (κ3) is 3.86. The number of aromatic amines is 1. The van der Waals surface area contributed by atoms with Crippen LogP contribution in [0.15, 0.2) is 46.6 Å². The fourth-order valence-electron chi connectivity index (χ4n) is 3.91. The number of carbonyl (C=O) groups is 1. The van der Waals surface area contributed by atoms with E-state index in [-0.39, 0.29) is 22.9 Å². The minimum absolute atomic E-state index is 0.0218. The molecule has 1 aromatic carbocycles. The van der Waals surface area contributed by atoms with Crippen LogP contribution in [0.5, 0.6) is 0 Å². The zero-order valence-corrected chi connectivity index (χ0v) is 18.1. The molecule has 0 saturated carbocycles. The Morgan fingerprint density at radius 3 is 2.94 bits per heavy atom. The second-order valence-electron chi connectivity index (χ2n) is 7.53. The molecule has 1 aliphatic heterocycles. The molecule has 1 amide bonds. The monoisotopic (exact) mass is 454 g/mol. The van der Waals surface area contributed by atoms with Crippen molar-refractivity contribution < 1.29 is 4.79 Å². The Kier molecular flexibility index (Phi) is 5.29. The first kappa shape index (κ1) is 19.9. The van der Waals surface area contributed by atoms with Gasteiger partial charge >= 0.3 is 0 Å². The highest BCUT2D eigenvalue weighted by atomic mass is 35.5. The SMILES string of the molecule is O=C(c1cccs1)N1CCCC(c2nc3c(nnn3Cc3ccccc3Cl)c(=O)[nH]2)C1. The molecule has 1 N–H and O–H groups in total. The van der Waals surface area contributed by atoms with E-state index in [0.717, 1.165) is 23.3 Å². The first-order valence-corrected chi connectivity index (χ1v) is 11.3. The van der Waals surface area contributed by atoms with Crippen molar-refractivity contribution in [2.75, 3.05) is 13.1 Å². The Bertz CT molecular complexity index is 1300. The van der Waals surface area contributed by atoms with Crippen LogP contribution in [0.1, 0.15) is 39.8 Å². The maximum Gasteiger partial charge on any atom is 0.281 e. The summed E-state index contributed by atoms with van der Waals surface area (Å²) in [6.45, 7) is 1.57. The molecular weight excluding hydrogens is 436 g/mol. The minimum atomic E-state index is -0.327. The molecule has 4 aromatic rings. The second-order valence-corrected chi connectivity index (χ2v) is 8.88. The normalized spacial score (nSPS) is 16.7. The zero-order valence-electron chi connectivity index (χ0n) is 16.5. The van der Waals surface area contributed by atoms with E-state index in [1.54, 1.807) is 4.68 Å². The molecule has 1 aliphatic rings. The number of carbonyl (C=O) groups excluding carboxylic acids is 1. The number of hydrogen-bond donors (Lipinski definition) is 1. The van der Waals surface area contributed by atoms with Crippen LogP contribution in [0.2, 0.25) is 5.02 Å². The van der Waals surface area contributed by atoms with Gasteiger partial charge in [-0.05, 0) is 35.9 Å². The van der Waals surface area contributed by atoms with Gasteiger partial charge in [-0.15, -0.1) is 16.4 Å². The first-order chi connectivity index (χ1) is 15.1. The summed E-state index contributed by atoms with van der Waals surface area (Å²) < 4.78 is 1.59. The highest BCUT2D eigenvalue weighted by Gasteiger charge is 2.28. The maximum atomic E-state index is 12.8. The van der Waals surface area contributed by atoms with Crippen molar-refractivity contribution in [3.05, 3.63) is 73.4 Å². The molecule has 1 atom stereocenters.